The van der Waals surface area contributed by atoms with E-state index in [0.29, 0.717) is 25.7 Å². The van der Waals surface area contributed by atoms with E-state index in [1.165, 1.54) is 19.1 Å². The van der Waals surface area contributed by atoms with Gasteiger partial charge in [0.05, 0.1) is 12.2 Å². The summed E-state index contributed by atoms with van der Waals surface area (Å²) in [5, 5.41) is 33.7. The van der Waals surface area contributed by atoms with Gasteiger partial charge in [-0.2, -0.15) is 8.42 Å². The number of cyclic esters (lactones) is 1. The van der Waals surface area contributed by atoms with Crippen LogP contribution >= 0.6 is 0 Å². The molecule has 12 heteroatoms. The summed E-state index contributed by atoms with van der Waals surface area (Å²) in [6.45, 7) is 10.9. The Morgan fingerprint density at radius 1 is 1.00 bits per heavy atom. The largest absolute Gasteiger partial charge is 0.459 e. The van der Waals surface area contributed by atoms with Crippen molar-refractivity contribution in [3.05, 3.63) is 60.3 Å². The molecule has 0 amide bonds. The van der Waals surface area contributed by atoms with Gasteiger partial charge >= 0.3 is 16.4 Å². The minimum atomic E-state index is -5.02. The Bertz CT molecular complexity index is 1280. The standard InChI is InChI=1S/C35H54O11S/c1-23(2)20-31-25(4)21-24(3)18-19-28(36)26(5)32-22-29(37)27(6)35(40,45-32)34(39)30(46-47(41,42)43)16-14-12-10-8-7-9-11-13-15-17-33(38)44-31/h7,9,11,13,15,17-19,21,23,25-27,29-32,34,37,39-40H,8,10,12,14,16,20,22H2,1-6H3,(H,41,42,43)/b9-7+,13-11+,17-15+,19-18+,24-21+/t25-,26+,27-,29+,30-,31-,32+,34+,35-/m1/s1. The highest BCUT2D eigenvalue weighted by atomic mass is 32.3. The molecule has 47 heavy (non-hydrogen) atoms. The topological polar surface area (TPSA) is 177 Å². The lowest BCUT2D eigenvalue weighted by Crippen LogP contribution is -2.64. The van der Waals surface area contributed by atoms with Gasteiger partial charge in [0, 0.05) is 30.3 Å². The van der Waals surface area contributed by atoms with E-state index >= 15 is 0 Å². The van der Waals surface area contributed by atoms with Gasteiger partial charge in [0.1, 0.15) is 18.3 Å². The molecule has 11 nitrogen and oxygen atoms in total. The Balaban J connectivity index is 2.42. The molecule has 0 radical (unpaired) electrons. The molecule has 1 fully saturated rings. The van der Waals surface area contributed by atoms with Crippen molar-refractivity contribution in [3.8, 4) is 0 Å². The molecule has 2 aliphatic rings. The van der Waals surface area contributed by atoms with E-state index in [2.05, 4.69) is 0 Å². The van der Waals surface area contributed by atoms with E-state index in [-0.39, 0.29) is 36.6 Å². The SMILES string of the molecule is CC1=C\[C@@H](C)[C@@H](CC(C)C)OC(=O)/C=C/C=C/C=C/CCCCC[C@@H](OS(=O)(=O)O)[C@H](O)[C@]2(O)O[C@@H](C[C@H](O)[C@H]2C)[C@@H](C)C(=O)\C=C\1. The maximum atomic E-state index is 13.2. The number of hydrogen-bond donors (Lipinski definition) is 4. The molecule has 2 rings (SSSR count). The molecule has 0 unspecified atom stereocenters. The van der Waals surface area contributed by atoms with Crippen LogP contribution in [-0.4, -0.2) is 76.3 Å². The van der Waals surface area contributed by atoms with Crippen molar-refractivity contribution in [3.63, 3.8) is 0 Å². The maximum absolute atomic E-state index is 13.2. The van der Waals surface area contributed by atoms with Crippen LogP contribution in [0.25, 0.3) is 0 Å². The quantitative estimate of drug-likeness (QED) is 0.233. The minimum Gasteiger partial charge on any atom is -0.459 e. The summed E-state index contributed by atoms with van der Waals surface area (Å²) in [7, 11) is -5.02. The summed E-state index contributed by atoms with van der Waals surface area (Å²) in [6.07, 6.45) is 12.0. The number of hydrogen-bond acceptors (Lipinski definition) is 10. The summed E-state index contributed by atoms with van der Waals surface area (Å²) in [5.74, 6) is -5.13. The maximum Gasteiger partial charge on any atom is 0.397 e. The summed E-state index contributed by atoms with van der Waals surface area (Å²) in [4.78, 5) is 25.8. The molecule has 2 heterocycles. The summed E-state index contributed by atoms with van der Waals surface area (Å²) in [5.41, 5.74) is 0.755. The average molecular weight is 683 g/mol. The van der Waals surface area contributed by atoms with E-state index in [0.717, 1.165) is 12.0 Å². The Kier molecular flexibility index (Phi) is 16.4. The third-order valence-electron chi connectivity index (χ3n) is 8.73. The van der Waals surface area contributed by atoms with Gasteiger partial charge in [0.2, 0.25) is 0 Å². The van der Waals surface area contributed by atoms with Gasteiger partial charge in [-0.3, -0.25) is 9.35 Å². The molecule has 2 aliphatic heterocycles. The number of esters is 1. The summed E-state index contributed by atoms with van der Waals surface area (Å²) >= 11 is 0. The smallest absolute Gasteiger partial charge is 0.397 e. The number of aliphatic hydroxyl groups excluding tert-OH is 2. The van der Waals surface area contributed by atoms with E-state index in [4.69, 9.17) is 13.7 Å². The summed E-state index contributed by atoms with van der Waals surface area (Å²) in [6, 6.07) is 0. The molecule has 0 spiro atoms. The molecular weight excluding hydrogens is 628 g/mol. The van der Waals surface area contributed by atoms with E-state index in [1.807, 2.05) is 45.9 Å². The van der Waals surface area contributed by atoms with E-state index < -0.39 is 58.4 Å². The normalized spacial score (nSPS) is 38.5. The number of carbonyl (C=O) groups is 2. The van der Waals surface area contributed by atoms with Crippen LogP contribution < -0.4 is 0 Å². The molecular formula is C35H54O11S. The molecule has 0 aromatic heterocycles. The third kappa shape index (κ3) is 13.5. The molecule has 0 aromatic carbocycles. The molecule has 9 atom stereocenters. The van der Waals surface area contributed by atoms with Crippen LogP contribution in [0.3, 0.4) is 0 Å². The molecule has 0 aromatic rings. The van der Waals surface area contributed by atoms with Crippen molar-refractivity contribution in [2.45, 2.75) is 123 Å². The lowest BCUT2D eigenvalue weighted by atomic mass is 9.79. The van der Waals surface area contributed by atoms with Crippen molar-refractivity contribution >= 4 is 22.2 Å². The predicted molar refractivity (Wildman–Crippen MR) is 178 cm³/mol. The zero-order chi connectivity index (χ0) is 35.4. The van der Waals surface area contributed by atoms with Crippen LogP contribution in [0, 0.1) is 23.7 Å². The zero-order valence-corrected chi connectivity index (χ0v) is 29.2. The van der Waals surface area contributed by atoms with Gasteiger partial charge in [-0.25, -0.2) is 8.98 Å². The number of allylic oxidation sites excluding steroid dienone is 8. The zero-order valence-electron chi connectivity index (χ0n) is 28.4. The van der Waals surface area contributed by atoms with Gasteiger partial charge < -0.3 is 24.8 Å². The van der Waals surface area contributed by atoms with Crippen molar-refractivity contribution in [2.75, 3.05) is 0 Å². The van der Waals surface area contributed by atoms with Gasteiger partial charge in [0.15, 0.2) is 11.6 Å². The second-order valence-corrected chi connectivity index (χ2v) is 14.3. The van der Waals surface area contributed by atoms with Gasteiger partial charge in [0.25, 0.3) is 0 Å². The fourth-order valence-corrected chi connectivity index (χ4v) is 6.33. The molecule has 4 N–H and O–H groups in total. The van der Waals surface area contributed by atoms with Crippen molar-refractivity contribution in [1.29, 1.82) is 0 Å². The first-order valence-electron chi connectivity index (χ1n) is 16.5. The highest BCUT2D eigenvalue weighted by Crippen LogP contribution is 2.40. The van der Waals surface area contributed by atoms with Gasteiger partial charge in [-0.05, 0) is 44.6 Å². The van der Waals surface area contributed by atoms with Gasteiger partial charge in [-0.15, -0.1) is 0 Å². The van der Waals surface area contributed by atoms with Crippen molar-refractivity contribution in [1.82, 2.24) is 0 Å². The Morgan fingerprint density at radius 3 is 2.34 bits per heavy atom. The average Bonchev–Trinajstić information content (AvgIpc) is 2.98. The number of fused-ring (bicyclic) bond motifs is 2. The first-order valence-corrected chi connectivity index (χ1v) is 17.8. The molecule has 0 saturated carbocycles. The number of ketones is 1. The minimum absolute atomic E-state index is 0.0218. The number of carbonyl (C=O) groups excluding carboxylic acids is 2. The van der Waals surface area contributed by atoms with Crippen molar-refractivity contribution < 1.29 is 51.5 Å². The fraction of sp³-hybridized carbons (Fsp3) is 0.657. The Hall–Kier alpha value is -2.45. The van der Waals surface area contributed by atoms with E-state index in [9.17, 15) is 37.9 Å². The number of rotatable bonds is 4. The lowest BCUT2D eigenvalue weighted by Gasteiger charge is -2.49. The number of ether oxygens (including phenoxy) is 2. The van der Waals surface area contributed by atoms with Crippen LogP contribution in [0.5, 0.6) is 0 Å². The fourth-order valence-electron chi connectivity index (χ4n) is 5.81. The van der Waals surface area contributed by atoms with Crippen LogP contribution in [0.2, 0.25) is 0 Å². The van der Waals surface area contributed by atoms with Crippen LogP contribution in [0.15, 0.2) is 60.3 Å². The van der Waals surface area contributed by atoms with Crippen LogP contribution in [0.1, 0.15) is 86.5 Å². The Labute approximate surface area is 280 Å². The van der Waals surface area contributed by atoms with Gasteiger partial charge in [-0.1, -0.05) is 95.6 Å². The second-order valence-electron chi connectivity index (χ2n) is 13.2. The van der Waals surface area contributed by atoms with Crippen LogP contribution in [-0.2, 0) is 33.6 Å². The first-order chi connectivity index (χ1) is 21.9. The third-order valence-corrected chi connectivity index (χ3v) is 9.22. The predicted octanol–water partition coefficient (Wildman–Crippen LogP) is 4.94. The lowest BCUT2D eigenvalue weighted by molar-refractivity contribution is -0.350. The first kappa shape index (κ1) is 40.7. The van der Waals surface area contributed by atoms with Crippen molar-refractivity contribution in [2.24, 2.45) is 23.7 Å². The second kappa shape index (κ2) is 18.9. The molecule has 266 valence electrons. The Morgan fingerprint density at radius 2 is 1.68 bits per heavy atom. The molecule has 2 bridgehead atoms. The highest BCUT2D eigenvalue weighted by molar-refractivity contribution is 7.80. The van der Waals surface area contributed by atoms with E-state index in [1.54, 1.807) is 31.2 Å². The number of aliphatic hydroxyl groups is 3. The monoisotopic (exact) mass is 682 g/mol. The van der Waals surface area contributed by atoms with Crippen LogP contribution in [0.4, 0.5) is 0 Å². The highest BCUT2D eigenvalue weighted by Gasteiger charge is 2.55. The summed E-state index contributed by atoms with van der Waals surface area (Å²) < 4.78 is 49.2. The molecule has 0 aliphatic carbocycles. The molecule has 1 saturated heterocycles.